The molecule has 2 heterocycles. The number of carbonyl (C=O) groups is 1. The van der Waals surface area contributed by atoms with Crippen molar-refractivity contribution < 1.29 is 9.90 Å². The molecule has 110 valence electrons. The second-order valence-electron chi connectivity index (χ2n) is 4.97. The normalized spacial score (nSPS) is 10.6. The molecule has 0 aliphatic carbocycles. The Bertz CT molecular complexity index is 812. The Kier molecular flexibility index (Phi) is 3.65. The average Bonchev–Trinajstić information content (AvgIpc) is 2.92. The highest BCUT2D eigenvalue weighted by molar-refractivity contribution is 5.92. The van der Waals surface area contributed by atoms with Gasteiger partial charge in [0.1, 0.15) is 5.69 Å². The number of hydrogen-bond donors (Lipinski definition) is 1. The lowest BCUT2D eigenvalue weighted by molar-refractivity contribution is 0.0691. The Balaban J connectivity index is 2.07. The topological polar surface area (TPSA) is 80.9 Å². The predicted molar refractivity (Wildman–Crippen MR) is 80.5 cm³/mol. The van der Waals surface area contributed by atoms with Gasteiger partial charge in [-0.2, -0.15) is 0 Å². The Labute approximate surface area is 127 Å². The maximum Gasteiger partial charge on any atom is 0.358 e. The van der Waals surface area contributed by atoms with Crippen LogP contribution in [0.1, 0.15) is 21.6 Å². The highest BCUT2D eigenvalue weighted by Crippen LogP contribution is 2.22. The SMILES string of the molecule is Cc1cccc(Cn2nnc(C(=O)O)c2-c2ccncc2)c1. The molecule has 0 radical (unpaired) electrons. The number of aromatic nitrogens is 4. The Hall–Kier alpha value is -3.02. The van der Waals surface area contributed by atoms with Crippen molar-refractivity contribution >= 4 is 5.97 Å². The largest absolute Gasteiger partial charge is 0.476 e. The van der Waals surface area contributed by atoms with Gasteiger partial charge in [-0.25, -0.2) is 9.48 Å². The van der Waals surface area contributed by atoms with Gasteiger partial charge in [0, 0.05) is 18.0 Å². The first-order chi connectivity index (χ1) is 10.6. The number of pyridine rings is 1. The van der Waals surface area contributed by atoms with E-state index in [9.17, 15) is 9.90 Å². The fourth-order valence-corrected chi connectivity index (χ4v) is 2.35. The monoisotopic (exact) mass is 294 g/mol. The van der Waals surface area contributed by atoms with E-state index in [-0.39, 0.29) is 5.69 Å². The molecule has 1 aromatic carbocycles. The highest BCUT2D eigenvalue weighted by atomic mass is 16.4. The molecule has 6 nitrogen and oxygen atoms in total. The molecule has 0 aliphatic rings. The first-order valence-corrected chi connectivity index (χ1v) is 6.78. The molecule has 0 saturated carbocycles. The van der Waals surface area contributed by atoms with Crippen molar-refractivity contribution in [1.82, 2.24) is 20.0 Å². The molecule has 0 amide bonds. The van der Waals surface area contributed by atoms with Crippen LogP contribution in [0.15, 0.2) is 48.8 Å². The Morgan fingerprint density at radius 2 is 2.00 bits per heavy atom. The zero-order valence-corrected chi connectivity index (χ0v) is 12.0. The summed E-state index contributed by atoms with van der Waals surface area (Å²) in [6, 6.07) is 11.5. The zero-order valence-electron chi connectivity index (χ0n) is 12.0. The summed E-state index contributed by atoms with van der Waals surface area (Å²) in [5, 5.41) is 17.1. The van der Waals surface area contributed by atoms with Crippen LogP contribution in [-0.4, -0.2) is 31.1 Å². The highest BCUT2D eigenvalue weighted by Gasteiger charge is 2.20. The van der Waals surface area contributed by atoms with Crippen LogP contribution < -0.4 is 0 Å². The third kappa shape index (κ3) is 2.71. The van der Waals surface area contributed by atoms with Crippen LogP contribution >= 0.6 is 0 Å². The van der Waals surface area contributed by atoms with E-state index >= 15 is 0 Å². The second-order valence-corrected chi connectivity index (χ2v) is 4.97. The van der Waals surface area contributed by atoms with Crippen LogP contribution in [0.2, 0.25) is 0 Å². The molecule has 3 rings (SSSR count). The van der Waals surface area contributed by atoms with E-state index in [0.29, 0.717) is 12.2 Å². The van der Waals surface area contributed by atoms with Gasteiger partial charge in [-0.05, 0) is 24.6 Å². The second kappa shape index (κ2) is 5.77. The predicted octanol–water partition coefficient (Wildman–Crippen LogP) is 2.40. The van der Waals surface area contributed by atoms with Gasteiger partial charge in [-0.3, -0.25) is 4.98 Å². The van der Waals surface area contributed by atoms with Crippen LogP contribution in [-0.2, 0) is 6.54 Å². The molecule has 0 bridgehead atoms. The molecule has 1 N–H and O–H groups in total. The fraction of sp³-hybridized carbons (Fsp3) is 0.125. The fourth-order valence-electron chi connectivity index (χ4n) is 2.35. The van der Waals surface area contributed by atoms with Crippen LogP contribution in [0.3, 0.4) is 0 Å². The van der Waals surface area contributed by atoms with Gasteiger partial charge in [0.15, 0.2) is 5.69 Å². The molecule has 0 saturated heterocycles. The standard InChI is InChI=1S/C16H14N4O2/c1-11-3-2-4-12(9-11)10-20-15(13-5-7-17-8-6-13)14(16(21)22)18-19-20/h2-9H,10H2,1H3,(H,21,22). The number of nitrogens with zero attached hydrogens (tertiary/aromatic N) is 4. The lowest BCUT2D eigenvalue weighted by atomic mass is 10.1. The minimum absolute atomic E-state index is 0.0566. The molecular formula is C16H14N4O2. The molecule has 6 heteroatoms. The number of carboxylic acid groups (broad SMARTS) is 1. The van der Waals surface area contributed by atoms with Crippen LogP contribution in [0, 0.1) is 6.92 Å². The Morgan fingerprint density at radius 3 is 2.68 bits per heavy atom. The number of rotatable bonds is 4. The van der Waals surface area contributed by atoms with E-state index in [0.717, 1.165) is 16.7 Å². The third-order valence-electron chi connectivity index (χ3n) is 3.31. The minimum Gasteiger partial charge on any atom is -0.476 e. The van der Waals surface area contributed by atoms with Crippen molar-refractivity contribution in [1.29, 1.82) is 0 Å². The van der Waals surface area contributed by atoms with Crippen LogP contribution in [0.4, 0.5) is 0 Å². The summed E-state index contributed by atoms with van der Waals surface area (Å²) in [4.78, 5) is 15.3. The molecule has 22 heavy (non-hydrogen) atoms. The first kappa shape index (κ1) is 13.9. The summed E-state index contributed by atoms with van der Waals surface area (Å²) < 4.78 is 1.60. The van der Waals surface area contributed by atoms with Crippen molar-refractivity contribution in [2.75, 3.05) is 0 Å². The average molecular weight is 294 g/mol. The molecule has 0 atom stereocenters. The maximum absolute atomic E-state index is 11.4. The summed E-state index contributed by atoms with van der Waals surface area (Å²) in [6.07, 6.45) is 3.23. The number of aromatic carboxylic acids is 1. The van der Waals surface area contributed by atoms with Crippen molar-refractivity contribution in [3.8, 4) is 11.3 Å². The van der Waals surface area contributed by atoms with Crippen molar-refractivity contribution in [2.24, 2.45) is 0 Å². The van der Waals surface area contributed by atoms with E-state index in [2.05, 4.69) is 15.3 Å². The number of benzene rings is 1. The molecular weight excluding hydrogens is 280 g/mol. The van der Waals surface area contributed by atoms with E-state index in [4.69, 9.17) is 0 Å². The minimum atomic E-state index is -1.10. The zero-order chi connectivity index (χ0) is 15.5. The quantitative estimate of drug-likeness (QED) is 0.799. The molecule has 0 unspecified atom stereocenters. The van der Waals surface area contributed by atoms with Gasteiger partial charge in [0.05, 0.1) is 6.54 Å². The summed E-state index contributed by atoms with van der Waals surface area (Å²) >= 11 is 0. The van der Waals surface area contributed by atoms with E-state index < -0.39 is 5.97 Å². The van der Waals surface area contributed by atoms with Gasteiger partial charge in [0.25, 0.3) is 0 Å². The summed E-state index contributed by atoms with van der Waals surface area (Å²) in [5.74, 6) is -1.10. The van der Waals surface area contributed by atoms with Crippen molar-refractivity contribution in [3.05, 3.63) is 65.6 Å². The number of carboxylic acids is 1. The third-order valence-corrected chi connectivity index (χ3v) is 3.31. The lowest BCUT2D eigenvalue weighted by Crippen LogP contribution is -2.06. The summed E-state index contributed by atoms with van der Waals surface area (Å²) in [6.45, 7) is 2.47. The van der Waals surface area contributed by atoms with E-state index in [1.165, 1.54) is 0 Å². The van der Waals surface area contributed by atoms with Gasteiger partial charge < -0.3 is 5.11 Å². The summed E-state index contributed by atoms with van der Waals surface area (Å²) in [7, 11) is 0. The van der Waals surface area contributed by atoms with Gasteiger partial charge in [0.2, 0.25) is 0 Å². The molecule has 0 fully saturated rings. The molecule has 2 aromatic heterocycles. The molecule has 3 aromatic rings. The maximum atomic E-state index is 11.4. The lowest BCUT2D eigenvalue weighted by Gasteiger charge is -2.08. The number of aryl methyl sites for hydroxylation is 1. The van der Waals surface area contributed by atoms with Gasteiger partial charge >= 0.3 is 5.97 Å². The number of hydrogen-bond acceptors (Lipinski definition) is 4. The van der Waals surface area contributed by atoms with Gasteiger partial charge in [-0.1, -0.05) is 35.0 Å². The van der Waals surface area contributed by atoms with Gasteiger partial charge in [-0.15, -0.1) is 5.10 Å². The first-order valence-electron chi connectivity index (χ1n) is 6.78. The molecule has 0 spiro atoms. The van der Waals surface area contributed by atoms with Crippen molar-refractivity contribution in [3.63, 3.8) is 0 Å². The smallest absolute Gasteiger partial charge is 0.358 e. The van der Waals surface area contributed by atoms with Crippen LogP contribution in [0.5, 0.6) is 0 Å². The van der Waals surface area contributed by atoms with Crippen LogP contribution in [0.25, 0.3) is 11.3 Å². The molecule has 0 aliphatic heterocycles. The summed E-state index contributed by atoms with van der Waals surface area (Å²) in [5.41, 5.74) is 3.33. The Morgan fingerprint density at radius 1 is 1.23 bits per heavy atom. The van der Waals surface area contributed by atoms with E-state index in [1.807, 2.05) is 31.2 Å². The van der Waals surface area contributed by atoms with Crippen molar-refractivity contribution in [2.45, 2.75) is 13.5 Å². The van der Waals surface area contributed by atoms with E-state index in [1.54, 1.807) is 29.2 Å².